The summed E-state index contributed by atoms with van der Waals surface area (Å²) >= 11 is 0. The number of fused-ring (bicyclic) bond motifs is 3. The lowest BCUT2D eigenvalue weighted by molar-refractivity contribution is -0.145. The SMILES string of the molecule is CC1=CCCC2(C)OC2C2OC(=O)C(CN3CCCCCC3)C2CC1. The molecule has 5 unspecified atom stereocenters. The molecule has 0 N–H and O–H groups in total. The van der Waals surface area contributed by atoms with Crippen LogP contribution >= 0.6 is 0 Å². The van der Waals surface area contributed by atoms with E-state index >= 15 is 0 Å². The molecule has 4 heteroatoms. The van der Waals surface area contributed by atoms with Crippen molar-refractivity contribution in [3.8, 4) is 0 Å². The average Bonchev–Trinajstić information content (AvgIpc) is 3.23. The molecule has 0 amide bonds. The fraction of sp³-hybridized carbons (Fsp3) is 0.857. The zero-order valence-corrected chi connectivity index (χ0v) is 15.8. The average molecular weight is 347 g/mol. The fourth-order valence-electron chi connectivity index (χ4n) is 5.14. The number of carbonyl (C=O) groups is 1. The lowest BCUT2D eigenvalue weighted by atomic mass is 9.80. The maximum atomic E-state index is 12.7. The van der Waals surface area contributed by atoms with Crippen LogP contribution in [-0.4, -0.2) is 48.3 Å². The molecule has 25 heavy (non-hydrogen) atoms. The maximum Gasteiger partial charge on any atom is 0.311 e. The topological polar surface area (TPSA) is 42.1 Å². The lowest BCUT2D eigenvalue weighted by Gasteiger charge is -2.27. The molecule has 0 spiro atoms. The summed E-state index contributed by atoms with van der Waals surface area (Å²) in [6, 6.07) is 0. The van der Waals surface area contributed by atoms with E-state index in [1.807, 2.05) is 0 Å². The third-order valence-electron chi connectivity index (χ3n) is 6.89. The largest absolute Gasteiger partial charge is 0.459 e. The van der Waals surface area contributed by atoms with Gasteiger partial charge in [-0.2, -0.15) is 0 Å². The predicted molar refractivity (Wildman–Crippen MR) is 97.3 cm³/mol. The highest BCUT2D eigenvalue weighted by Gasteiger charge is 2.62. The minimum absolute atomic E-state index is 0.0259. The molecule has 5 atom stereocenters. The zero-order chi connectivity index (χ0) is 17.4. The Morgan fingerprint density at radius 1 is 1.24 bits per heavy atom. The molecule has 4 aliphatic rings. The number of rotatable bonds is 2. The number of epoxide rings is 1. The Labute approximate surface area is 151 Å². The smallest absolute Gasteiger partial charge is 0.311 e. The van der Waals surface area contributed by atoms with Gasteiger partial charge < -0.3 is 14.4 Å². The Morgan fingerprint density at radius 3 is 2.76 bits per heavy atom. The van der Waals surface area contributed by atoms with E-state index in [4.69, 9.17) is 9.47 Å². The summed E-state index contributed by atoms with van der Waals surface area (Å²) in [4.78, 5) is 15.2. The van der Waals surface area contributed by atoms with Gasteiger partial charge >= 0.3 is 5.97 Å². The summed E-state index contributed by atoms with van der Waals surface area (Å²) < 4.78 is 12.0. The number of hydrogen-bond donors (Lipinski definition) is 0. The van der Waals surface area contributed by atoms with Crippen molar-refractivity contribution >= 4 is 5.97 Å². The molecular formula is C21H33NO3. The van der Waals surface area contributed by atoms with Crippen molar-refractivity contribution in [2.75, 3.05) is 19.6 Å². The summed E-state index contributed by atoms with van der Waals surface area (Å²) in [5.41, 5.74) is 1.36. The Bertz CT molecular complexity index is 537. The molecule has 3 fully saturated rings. The van der Waals surface area contributed by atoms with E-state index < -0.39 is 0 Å². The third kappa shape index (κ3) is 3.66. The number of likely N-dealkylation sites (tertiary alicyclic amines) is 1. The maximum absolute atomic E-state index is 12.7. The number of carbonyl (C=O) groups excluding carboxylic acids is 1. The van der Waals surface area contributed by atoms with E-state index in [1.165, 1.54) is 31.3 Å². The molecule has 3 saturated heterocycles. The standard InChI is InChI=1S/C21H33NO3/c1-15-8-7-11-21(2)19(25-21)18-16(10-9-15)17(20(23)24-18)14-22-12-5-3-4-6-13-22/h8,16-19H,3-7,9-14H2,1-2H3. The molecule has 3 aliphatic heterocycles. The van der Waals surface area contributed by atoms with Crippen LogP contribution in [0.5, 0.6) is 0 Å². The second kappa shape index (κ2) is 7.03. The molecule has 0 saturated carbocycles. The van der Waals surface area contributed by atoms with Crippen LogP contribution in [0.4, 0.5) is 0 Å². The van der Waals surface area contributed by atoms with E-state index in [9.17, 15) is 4.79 Å². The Kier molecular flexibility index (Phi) is 4.93. The summed E-state index contributed by atoms with van der Waals surface area (Å²) in [5, 5.41) is 0. The minimum Gasteiger partial charge on any atom is -0.459 e. The quantitative estimate of drug-likeness (QED) is 0.434. The number of nitrogens with zero attached hydrogens (tertiary/aromatic N) is 1. The molecule has 3 heterocycles. The lowest BCUT2D eigenvalue weighted by Crippen LogP contribution is -2.37. The van der Waals surface area contributed by atoms with Gasteiger partial charge in [-0.05, 0) is 65.5 Å². The van der Waals surface area contributed by atoms with E-state index in [0.717, 1.165) is 45.3 Å². The van der Waals surface area contributed by atoms with Gasteiger partial charge in [-0.25, -0.2) is 0 Å². The third-order valence-corrected chi connectivity index (χ3v) is 6.89. The number of esters is 1. The summed E-state index contributed by atoms with van der Waals surface area (Å²) in [6.45, 7) is 7.57. The van der Waals surface area contributed by atoms with Crippen molar-refractivity contribution in [1.29, 1.82) is 0 Å². The van der Waals surface area contributed by atoms with Crippen molar-refractivity contribution in [2.45, 2.75) is 83.0 Å². The van der Waals surface area contributed by atoms with Gasteiger partial charge in [0.25, 0.3) is 0 Å². The molecule has 0 aromatic carbocycles. The monoisotopic (exact) mass is 347 g/mol. The van der Waals surface area contributed by atoms with Crippen LogP contribution in [0, 0.1) is 11.8 Å². The first-order chi connectivity index (χ1) is 12.1. The van der Waals surface area contributed by atoms with Crippen LogP contribution in [0.1, 0.15) is 65.2 Å². The highest BCUT2D eigenvalue weighted by molar-refractivity contribution is 5.75. The van der Waals surface area contributed by atoms with Gasteiger partial charge in [-0.1, -0.05) is 24.5 Å². The van der Waals surface area contributed by atoms with Crippen molar-refractivity contribution in [1.82, 2.24) is 4.90 Å². The zero-order valence-electron chi connectivity index (χ0n) is 15.8. The summed E-state index contributed by atoms with van der Waals surface area (Å²) in [7, 11) is 0. The van der Waals surface area contributed by atoms with Crippen LogP contribution < -0.4 is 0 Å². The van der Waals surface area contributed by atoms with Gasteiger partial charge in [0.1, 0.15) is 12.2 Å². The van der Waals surface area contributed by atoms with Crippen LogP contribution in [0.15, 0.2) is 11.6 Å². The Balaban J connectivity index is 1.51. The van der Waals surface area contributed by atoms with Crippen LogP contribution in [-0.2, 0) is 14.3 Å². The second-order valence-corrected chi connectivity index (χ2v) is 8.87. The van der Waals surface area contributed by atoms with E-state index in [2.05, 4.69) is 24.8 Å². The van der Waals surface area contributed by atoms with Gasteiger partial charge in [-0.3, -0.25) is 4.79 Å². The summed E-state index contributed by atoms with van der Waals surface area (Å²) in [6.07, 6.45) is 11.9. The first kappa shape index (κ1) is 17.5. The normalized spacial score (nSPS) is 42.6. The highest BCUT2D eigenvalue weighted by atomic mass is 16.6. The molecule has 0 bridgehead atoms. The molecule has 4 rings (SSSR count). The van der Waals surface area contributed by atoms with Gasteiger partial charge in [-0.15, -0.1) is 0 Å². The van der Waals surface area contributed by atoms with E-state index in [-0.39, 0.29) is 29.7 Å². The van der Waals surface area contributed by atoms with Crippen molar-refractivity contribution < 1.29 is 14.3 Å². The van der Waals surface area contributed by atoms with E-state index in [0.29, 0.717) is 5.92 Å². The number of ether oxygens (including phenoxy) is 2. The van der Waals surface area contributed by atoms with Gasteiger partial charge in [0.05, 0.1) is 11.5 Å². The van der Waals surface area contributed by atoms with Crippen molar-refractivity contribution in [3.05, 3.63) is 11.6 Å². The molecular weight excluding hydrogens is 314 g/mol. The van der Waals surface area contributed by atoms with Gasteiger partial charge in [0, 0.05) is 12.5 Å². The first-order valence-electron chi connectivity index (χ1n) is 10.3. The molecule has 0 aromatic rings. The molecule has 140 valence electrons. The molecule has 4 nitrogen and oxygen atoms in total. The number of hydrogen-bond acceptors (Lipinski definition) is 4. The van der Waals surface area contributed by atoms with Crippen molar-refractivity contribution in [2.24, 2.45) is 11.8 Å². The van der Waals surface area contributed by atoms with E-state index in [1.54, 1.807) is 0 Å². The number of allylic oxidation sites excluding steroid dienone is 2. The van der Waals surface area contributed by atoms with Crippen LogP contribution in [0.3, 0.4) is 0 Å². The van der Waals surface area contributed by atoms with Crippen LogP contribution in [0.2, 0.25) is 0 Å². The van der Waals surface area contributed by atoms with Crippen LogP contribution in [0.25, 0.3) is 0 Å². The fourth-order valence-corrected chi connectivity index (χ4v) is 5.14. The Hall–Kier alpha value is -0.870. The first-order valence-corrected chi connectivity index (χ1v) is 10.3. The second-order valence-electron chi connectivity index (χ2n) is 8.87. The summed E-state index contributed by atoms with van der Waals surface area (Å²) in [5.74, 6) is 0.366. The highest BCUT2D eigenvalue weighted by Crippen LogP contribution is 2.50. The minimum atomic E-state index is -0.0885. The Morgan fingerprint density at radius 2 is 2.00 bits per heavy atom. The predicted octanol–water partition coefficient (Wildman–Crippen LogP) is 3.70. The van der Waals surface area contributed by atoms with Gasteiger partial charge in [0.2, 0.25) is 0 Å². The molecule has 1 aliphatic carbocycles. The van der Waals surface area contributed by atoms with Crippen molar-refractivity contribution in [3.63, 3.8) is 0 Å². The molecule has 0 aromatic heterocycles. The van der Waals surface area contributed by atoms with Gasteiger partial charge in [0.15, 0.2) is 0 Å². The molecule has 0 radical (unpaired) electrons.